The maximum absolute atomic E-state index is 12.2. The first-order valence-electron chi connectivity index (χ1n) is 6.30. The van der Waals surface area contributed by atoms with Crippen molar-refractivity contribution in [1.82, 2.24) is 4.90 Å². The second-order valence-electron chi connectivity index (χ2n) is 4.86. The van der Waals surface area contributed by atoms with Crippen molar-refractivity contribution >= 4 is 29.0 Å². The quantitative estimate of drug-likeness (QED) is 0.781. The lowest BCUT2D eigenvalue weighted by molar-refractivity contribution is 0.0860. The van der Waals surface area contributed by atoms with E-state index < -0.39 is 0 Å². The number of likely N-dealkylation sites (tertiary alicyclic amines) is 1. The largest absolute Gasteiger partial charge is 0.293 e. The molecular weight excluding hydrogens is 269 g/mol. The number of rotatable bonds is 3. The molecule has 1 aliphatic rings. The average molecular weight is 286 g/mol. The third kappa shape index (κ3) is 3.25. The molecule has 2 nitrogen and oxygen atoms in total. The minimum Gasteiger partial charge on any atom is -0.293 e. The van der Waals surface area contributed by atoms with Gasteiger partial charge in [-0.1, -0.05) is 29.6 Å². The van der Waals surface area contributed by atoms with Gasteiger partial charge in [-0.25, -0.2) is 0 Å². The molecule has 1 aromatic rings. The number of carbonyl (C=O) groups is 1. The molecule has 1 fully saturated rings. The Bertz CT molecular complexity index is 447. The fourth-order valence-corrected chi connectivity index (χ4v) is 2.77. The molecule has 1 saturated heterocycles. The molecule has 1 unspecified atom stereocenters. The first-order valence-corrected chi connectivity index (χ1v) is 7.06. The van der Waals surface area contributed by atoms with E-state index in [-0.39, 0.29) is 5.78 Å². The lowest BCUT2D eigenvalue weighted by atomic mass is 10.0. The fraction of sp³-hybridized carbons (Fsp3) is 0.500. The summed E-state index contributed by atoms with van der Waals surface area (Å²) in [6, 6.07) is 5.50. The third-order valence-corrected chi connectivity index (χ3v) is 4.08. The second-order valence-corrected chi connectivity index (χ2v) is 5.71. The Morgan fingerprint density at radius 2 is 2.17 bits per heavy atom. The SMILES string of the molecule is CC1CCCCN1CC(=O)c1cc(Cl)ccc1Cl. The first-order chi connectivity index (χ1) is 8.58. The molecule has 0 saturated carbocycles. The highest BCUT2D eigenvalue weighted by atomic mass is 35.5. The molecule has 98 valence electrons. The van der Waals surface area contributed by atoms with E-state index in [2.05, 4.69) is 11.8 Å². The van der Waals surface area contributed by atoms with Crippen molar-refractivity contribution in [2.24, 2.45) is 0 Å². The first kappa shape index (κ1) is 13.9. The van der Waals surface area contributed by atoms with Crippen molar-refractivity contribution in [2.45, 2.75) is 32.2 Å². The molecule has 18 heavy (non-hydrogen) atoms. The van der Waals surface area contributed by atoms with E-state index in [1.54, 1.807) is 18.2 Å². The number of benzene rings is 1. The van der Waals surface area contributed by atoms with Crippen LogP contribution in [0.4, 0.5) is 0 Å². The summed E-state index contributed by atoms with van der Waals surface area (Å²) in [7, 11) is 0. The highest BCUT2D eigenvalue weighted by Crippen LogP contribution is 2.23. The summed E-state index contributed by atoms with van der Waals surface area (Å²) in [6.45, 7) is 3.60. The van der Waals surface area contributed by atoms with Gasteiger partial charge in [-0.15, -0.1) is 0 Å². The van der Waals surface area contributed by atoms with Crippen LogP contribution in [0.5, 0.6) is 0 Å². The normalized spacial score (nSPS) is 20.9. The lowest BCUT2D eigenvalue weighted by Crippen LogP contribution is -2.40. The third-order valence-electron chi connectivity index (χ3n) is 3.52. The lowest BCUT2D eigenvalue weighted by Gasteiger charge is -2.32. The standard InChI is InChI=1S/C14H17Cl2NO/c1-10-4-2-3-7-17(10)9-14(18)12-8-11(15)5-6-13(12)16/h5-6,8,10H,2-4,7,9H2,1H3. The van der Waals surface area contributed by atoms with E-state index in [1.807, 2.05) is 0 Å². The van der Waals surface area contributed by atoms with Crippen molar-refractivity contribution in [3.63, 3.8) is 0 Å². The van der Waals surface area contributed by atoms with E-state index in [0.29, 0.717) is 28.2 Å². The molecule has 1 atom stereocenters. The van der Waals surface area contributed by atoms with Crippen LogP contribution in [0.1, 0.15) is 36.5 Å². The zero-order valence-corrected chi connectivity index (χ0v) is 12.0. The van der Waals surface area contributed by atoms with E-state index in [0.717, 1.165) is 13.0 Å². The van der Waals surface area contributed by atoms with E-state index in [1.165, 1.54) is 12.8 Å². The van der Waals surface area contributed by atoms with Crippen LogP contribution in [-0.4, -0.2) is 29.8 Å². The predicted molar refractivity (Wildman–Crippen MR) is 75.7 cm³/mol. The molecular formula is C14H17Cl2NO. The maximum atomic E-state index is 12.2. The van der Waals surface area contributed by atoms with Gasteiger partial charge in [-0.2, -0.15) is 0 Å². The molecule has 1 aliphatic heterocycles. The molecule has 2 rings (SSSR count). The number of hydrogen-bond acceptors (Lipinski definition) is 2. The molecule has 0 spiro atoms. The highest BCUT2D eigenvalue weighted by molar-refractivity contribution is 6.36. The number of hydrogen-bond donors (Lipinski definition) is 0. The Morgan fingerprint density at radius 1 is 1.39 bits per heavy atom. The van der Waals surface area contributed by atoms with Gasteiger partial charge in [0.25, 0.3) is 0 Å². The maximum Gasteiger partial charge on any atom is 0.178 e. The smallest absolute Gasteiger partial charge is 0.178 e. The zero-order chi connectivity index (χ0) is 13.1. The summed E-state index contributed by atoms with van der Waals surface area (Å²) in [5.41, 5.74) is 0.530. The summed E-state index contributed by atoms with van der Waals surface area (Å²) in [4.78, 5) is 14.5. The Morgan fingerprint density at radius 3 is 2.89 bits per heavy atom. The minimum absolute atomic E-state index is 0.0521. The molecule has 0 bridgehead atoms. The van der Waals surface area contributed by atoms with Crippen LogP contribution in [-0.2, 0) is 0 Å². The summed E-state index contributed by atoms with van der Waals surface area (Å²) < 4.78 is 0. The Labute approximate surface area is 118 Å². The topological polar surface area (TPSA) is 20.3 Å². The Hall–Kier alpha value is -0.570. The Kier molecular flexibility index (Phi) is 4.66. The number of Topliss-reactive ketones (excluding diaryl/α,β-unsaturated/α-hetero) is 1. The second kappa shape index (κ2) is 6.05. The minimum atomic E-state index is 0.0521. The van der Waals surface area contributed by atoms with Gasteiger partial charge in [0.05, 0.1) is 11.6 Å². The highest BCUT2D eigenvalue weighted by Gasteiger charge is 2.22. The van der Waals surface area contributed by atoms with E-state index >= 15 is 0 Å². The van der Waals surface area contributed by atoms with Crippen molar-refractivity contribution in [1.29, 1.82) is 0 Å². The van der Waals surface area contributed by atoms with Crippen LogP contribution in [0.25, 0.3) is 0 Å². The predicted octanol–water partition coefficient (Wildman–Crippen LogP) is 4.05. The van der Waals surface area contributed by atoms with Gasteiger partial charge < -0.3 is 0 Å². The number of halogens is 2. The molecule has 1 aromatic carbocycles. The zero-order valence-electron chi connectivity index (χ0n) is 10.5. The monoisotopic (exact) mass is 285 g/mol. The van der Waals surface area contributed by atoms with Gasteiger partial charge >= 0.3 is 0 Å². The summed E-state index contributed by atoms with van der Waals surface area (Å²) in [6.07, 6.45) is 3.58. The van der Waals surface area contributed by atoms with Crippen molar-refractivity contribution < 1.29 is 4.79 Å². The number of carbonyl (C=O) groups excluding carboxylic acids is 1. The van der Waals surface area contributed by atoms with Gasteiger partial charge in [0.1, 0.15) is 0 Å². The van der Waals surface area contributed by atoms with Crippen molar-refractivity contribution in [2.75, 3.05) is 13.1 Å². The van der Waals surface area contributed by atoms with E-state index in [9.17, 15) is 4.79 Å². The fourth-order valence-electron chi connectivity index (χ4n) is 2.37. The number of ketones is 1. The molecule has 0 aromatic heterocycles. The van der Waals surface area contributed by atoms with Crippen LogP contribution in [0.2, 0.25) is 10.0 Å². The average Bonchev–Trinajstić information content (AvgIpc) is 2.35. The molecule has 0 amide bonds. The summed E-state index contributed by atoms with van der Waals surface area (Å²) in [5, 5.41) is 1.03. The van der Waals surface area contributed by atoms with Gasteiger partial charge in [0.2, 0.25) is 0 Å². The summed E-state index contributed by atoms with van der Waals surface area (Å²) >= 11 is 12.0. The van der Waals surface area contributed by atoms with Crippen LogP contribution < -0.4 is 0 Å². The van der Waals surface area contributed by atoms with Gasteiger partial charge in [0.15, 0.2) is 5.78 Å². The Balaban J connectivity index is 2.09. The summed E-state index contributed by atoms with van der Waals surface area (Å²) in [5.74, 6) is 0.0521. The van der Waals surface area contributed by atoms with Crippen LogP contribution in [0.15, 0.2) is 18.2 Å². The molecule has 1 heterocycles. The number of piperidine rings is 1. The van der Waals surface area contributed by atoms with Crippen LogP contribution in [0.3, 0.4) is 0 Å². The van der Waals surface area contributed by atoms with Crippen molar-refractivity contribution in [3.8, 4) is 0 Å². The van der Waals surface area contributed by atoms with Gasteiger partial charge in [0, 0.05) is 16.6 Å². The van der Waals surface area contributed by atoms with Gasteiger partial charge in [-0.05, 0) is 44.5 Å². The number of nitrogens with zero attached hydrogens (tertiary/aromatic N) is 1. The van der Waals surface area contributed by atoms with Crippen LogP contribution >= 0.6 is 23.2 Å². The van der Waals surface area contributed by atoms with Crippen molar-refractivity contribution in [3.05, 3.63) is 33.8 Å². The molecule has 0 radical (unpaired) electrons. The van der Waals surface area contributed by atoms with Gasteiger partial charge in [-0.3, -0.25) is 9.69 Å². The molecule has 0 aliphatic carbocycles. The molecule has 4 heteroatoms. The van der Waals surface area contributed by atoms with E-state index in [4.69, 9.17) is 23.2 Å². The molecule has 0 N–H and O–H groups in total. The van der Waals surface area contributed by atoms with Crippen LogP contribution in [0, 0.1) is 0 Å².